The second-order valence-electron chi connectivity index (χ2n) is 3.84. The Morgan fingerprint density at radius 3 is 2.67 bits per heavy atom. The van der Waals surface area contributed by atoms with Gasteiger partial charge in [-0.15, -0.1) is 0 Å². The maximum atomic E-state index is 12.0. The number of hydrogen-bond acceptors (Lipinski definition) is 4. The molecule has 1 fully saturated rings. The number of rotatable bonds is 3. The largest absolute Gasteiger partial charge is 0.293 e. The van der Waals surface area contributed by atoms with Crippen molar-refractivity contribution in [3.8, 4) is 6.07 Å². The molecule has 0 aromatic heterocycles. The van der Waals surface area contributed by atoms with E-state index in [1.54, 1.807) is 24.3 Å². The molecule has 2 rings (SSSR count). The van der Waals surface area contributed by atoms with Gasteiger partial charge < -0.3 is 0 Å². The third kappa shape index (κ3) is 2.35. The van der Waals surface area contributed by atoms with Crippen LogP contribution >= 0.6 is 11.6 Å². The van der Waals surface area contributed by atoms with Crippen LogP contribution in [-0.2, 0) is 9.59 Å². The summed E-state index contributed by atoms with van der Waals surface area (Å²) in [6.07, 6.45) is 0.0726. The Labute approximate surface area is 109 Å². The molecule has 0 aliphatic carbocycles. The highest BCUT2D eigenvalue weighted by Crippen LogP contribution is 2.24. The van der Waals surface area contributed by atoms with Crippen molar-refractivity contribution in [1.29, 1.82) is 5.26 Å². The Balaban J connectivity index is 2.19. The summed E-state index contributed by atoms with van der Waals surface area (Å²) < 4.78 is 0. The van der Waals surface area contributed by atoms with Gasteiger partial charge in [-0.1, -0.05) is 11.6 Å². The van der Waals surface area contributed by atoms with Crippen LogP contribution in [0.5, 0.6) is 0 Å². The van der Waals surface area contributed by atoms with E-state index < -0.39 is 6.04 Å². The predicted octanol–water partition coefficient (Wildman–Crippen LogP) is 1.09. The average Bonchev–Trinajstić information content (AvgIpc) is 2.63. The molecule has 0 spiro atoms. The van der Waals surface area contributed by atoms with Gasteiger partial charge in [0.15, 0.2) is 0 Å². The Bertz CT molecular complexity index is 521. The van der Waals surface area contributed by atoms with Gasteiger partial charge in [-0.3, -0.25) is 14.9 Å². The van der Waals surface area contributed by atoms with Crippen molar-refractivity contribution in [2.45, 2.75) is 12.5 Å². The van der Waals surface area contributed by atoms with Crippen molar-refractivity contribution in [1.82, 2.24) is 5.32 Å². The van der Waals surface area contributed by atoms with Gasteiger partial charge >= 0.3 is 0 Å². The van der Waals surface area contributed by atoms with Crippen LogP contribution < -0.4 is 10.2 Å². The summed E-state index contributed by atoms with van der Waals surface area (Å²) in [6.45, 7) is 0.0398. The fraction of sp³-hybridized carbons (Fsp3) is 0.250. The number of carbonyl (C=O) groups is 2. The highest BCUT2D eigenvalue weighted by Gasteiger charge is 2.39. The maximum Gasteiger partial charge on any atom is 0.251 e. The molecule has 0 radical (unpaired) electrons. The normalized spacial score (nSPS) is 19.1. The zero-order valence-electron chi connectivity index (χ0n) is 9.39. The minimum Gasteiger partial charge on any atom is -0.293 e. The lowest BCUT2D eigenvalue weighted by atomic mass is 10.2. The van der Waals surface area contributed by atoms with Crippen LogP contribution in [0, 0.1) is 11.3 Å². The van der Waals surface area contributed by atoms with Crippen LogP contribution in [0.2, 0.25) is 5.02 Å². The fourth-order valence-electron chi connectivity index (χ4n) is 1.82. The summed E-state index contributed by atoms with van der Waals surface area (Å²) >= 11 is 5.75. The first-order valence-electron chi connectivity index (χ1n) is 5.36. The van der Waals surface area contributed by atoms with Gasteiger partial charge in [-0.2, -0.15) is 5.26 Å². The zero-order valence-corrected chi connectivity index (χ0v) is 10.1. The molecular weight excluding hydrogens is 254 g/mol. The number of nitrogens with zero attached hydrogens (tertiary/aromatic N) is 2. The lowest BCUT2D eigenvalue weighted by Crippen LogP contribution is -2.38. The third-order valence-corrected chi connectivity index (χ3v) is 2.91. The lowest BCUT2D eigenvalue weighted by molar-refractivity contribution is -0.121. The predicted molar refractivity (Wildman–Crippen MR) is 66.0 cm³/mol. The monoisotopic (exact) mass is 263 g/mol. The van der Waals surface area contributed by atoms with Crippen LogP contribution in [0.3, 0.4) is 0 Å². The van der Waals surface area contributed by atoms with E-state index in [1.807, 2.05) is 6.07 Å². The highest BCUT2D eigenvalue weighted by atomic mass is 35.5. The SMILES string of the molecule is N#CCNC1CC(=O)N(c2ccc(Cl)cc2)C1=O. The lowest BCUT2D eigenvalue weighted by Gasteiger charge is -2.14. The topological polar surface area (TPSA) is 73.2 Å². The highest BCUT2D eigenvalue weighted by molar-refractivity contribution is 6.30. The van der Waals surface area contributed by atoms with E-state index in [4.69, 9.17) is 16.9 Å². The third-order valence-electron chi connectivity index (χ3n) is 2.66. The Morgan fingerprint density at radius 1 is 1.39 bits per heavy atom. The molecule has 1 aromatic rings. The van der Waals surface area contributed by atoms with E-state index in [0.29, 0.717) is 10.7 Å². The second kappa shape index (κ2) is 5.17. The van der Waals surface area contributed by atoms with E-state index >= 15 is 0 Å². The van der Waals surface area contributed by atoms with E-state index in [-0.39, 0.29) is 24.8 Å². The van der Waals surface area contributed by atoms with E-state index in [9.17, 15) is 9.59 Å². The molecule has 6 heteroatoms. The molecule has 1 aliphatic heterocycles. The molecule has 18 heavy (non-hydrogen) atoms. The summed E-state index contributed by atoms with van der Waals surface area (Å²) in [7, 11) is 0. The van der Waals surface area contributed by atoms with Crippen molar-refractivity contribution in [2.24, 2.45) is 0 Å². The average molecular weight is 264 g/mol. The molecule has 1 saturated heterocycles. The number of nitrogens with one attached hydrogen (secondary N) is 1. The number of halogens is 1. The first kappa shape index (κ1) is 12.6. The van der Waals surface area contributed by atoms with Crippen LogP contribution in [0.4, 0.5) is 5.69 Å². The van der Waals surface area contributed by atoms with Crippen molar-refractivity contribution < 1.29 is 9.59 Å². The second-order valence-corrected chi connectivity index (χ2v) is 4.28. The molecule has 0 bridgehead atoms. The van der Waals surface area contributed by atoms with Crippen molar-refractivity contribution in [2.75, 3.05) is 11.4 Å². The van der Waals surface area contributed by atoms with Crippen molar-refractivity contribution in [3.63, 3.8) is 0 Å². The molecule has 2 amide bonds. The minimum absolute atomic E-state index is 0.0398. The summed E-state index contributed by atoms with van der Waals surface area (Å²) in [6, 6.07) is 7.73. The van der Waals surface area contributed by atoms with E-state index in [0.717, 1.165) is 4.90 Å². The van der Waals surface area contributed by atoms with E-state index in [1.165, 1.54) is 0 Å². The number of hydrogen-bond donors (Lipinski definition) is 1. The minimum atomic E-state index is -0.618. The quantitative estimate of drug-likeness (QED) is 0.654. The Kier molecular flexibility index (Phi) is 3.60. The number of imide groups is 1. The van der Waals surface area contributed by atoms with Gasteiger partial charge in [-0.05, 0) is 24.3 Å². The van der Waals surface area contributed by atoms with Crippen LogP contribution in [0.1, 0.15) is 6.42 Å². The summed E-state index contributed by atoms with van der Waals surface area (Å²) in [5, 5.41) is 11.7. The first-order valence-corrected chi connectivity index (χ1v) is 5.74. The van der Waals surface area contributed by atoms with Gasteiger partial charge in [0.2, 0.25) is 5.91 Å². The van der Waals surface area contributed by atoms with Crippen molar-refractivity contribution in [3.05, 3.63) is 29.3 Å². The van der Waals surface area contributed by atoms with Gasteiger partial charge in [0.1, 0.15) is 0 Å². The van der Waals surface area contributed by atoms with Gasteiger partial charge in [0, 0.05) is 5.02 Å². The van der Waals surface area contributed by atoms with Crippen LogP contribution in [0.25, 0.3) is 0 Å². The van der Waals surface area contributed by atoms with E-state index in [2.05, 4.69) is 5.32 Å². The summed E-state index contributed by atoms with van der Waals surface area (Å²) in [5.74, 6) is -0.615. The van der Waals surface area contributed by atoms with Gasteiger partial charge in [-0.25, -0.2) is 4.90 Å². The molecule has 92 valence electrons. The molecule has 1 unspecified atom stereocenters. The molecular formula is C12H10ClN3O2. The molecule has 1 atom stereocenters. The number of carbonyl (C=O) groups excluding carboxylic acids is 2. The molecule has 0 saturated carbocycles. The number of nitriles is 1. The zero-order chi connectivity index (χ0) is 13.1. The Morgan fingerprint density at radius 2 is 2.06 bits per heavy atom. The van der Waals surface area contributed by atoms with Gasteiger partial charge in [0.05, 0.1) is 30.8 Å². The molecule has 1 heterocycles. The first-order chi connectivity index (χ1) is 8.63. The van der Waals surface area contributed by atoms with Crippen molar-refractivity contribution >= 4 is 29.1 Å². The number of anilines is 1. The van der Waals surface area contributed by atoms with Crippen LogP contribution in [-0.4, -0.2) is 24.4 Å². The number of benzene rings is 1. The molecule has 1 aliphatic rings. The summed E-state index contributed by atoms with van der Waals surface area (Å²) in [5.41, 5.74) is 0.496. The Hall–Kier alpha value is -1.90. The smallest absolute Gasteiger partial charge is 0.251 e. The van der Waals surface area contributed by atoms with Gasteiger partial charge in [0.25, 0.3) is 5.91 Å². The fourth-order valence-corrected chi connectivity index (χ4v) is 1.95. The maximum absolute atomic E-state index is 12.0. The molecule has 5 nitrogen and oxygen atoms in total. The van der Waals surface area contributed by atoms with Crippen LogP contribution in [0.15, 0.2) is 24.3 Å². The molecule has 1 N–H and O–H groups in total. The summed E-state index contributed by atoms with van der Waals surface area (Å²) in [4.78, 5) is 24.9. The number of amides is 2. The molecule has 1 aromatic carbocycles. The standard InChI is InChI=1S/C12H10ClN3O2/c13-8-1-3-9(4-2-8)16-11(17)7-10(12(16)18)15-6-5-14/h1-4,10,15H,6-7H2.